The normalized spacial score (nSPS) is 18.9. The predicted molar refractivity (Wildman–Crippen MR) is 71.8 cm³/mol. The summed E-state index contributed by atoms with van der Waals surface area (Å²) in [7, 11) is 0. The summed E-state index contributed by atoms with van der Waals surface area (Å²) in [6.07, 6.45) is -0.480. The number of β-amino-alcohol motifs (C(OH)–C–C–N with tert-alkyl or cyclic N) is 1. The molecule has 1 fully saturated rings. The lowest BCUT2D eigenvalue weighted by Gasteiger charge is -2.36. The molecule has 5 heteroatoms. The quantitative estimate of drug-likeness (QED) is 0.843. The molecule has 1 aromatic rings. The zero-order valence-corrected chi connectivity index (χ0v) is 11.0. The van der Waals surface area contributed by atoms with Crippen LogP contribution in [0.3, 0.4) is 0 Å². The lowest BCUT2D eigenvalue weighted by Crippen LogP contribution is -2.49. The minimum atomic E-state index is -0.480. The summed E-state index contributed by atoms with van der Waals surface area (Å²) in [6.45, 7) is 3.78. The highest BCUT2D eigenvalue weighted by Gasteiger charge is 2.20. The number of nitrogens with zero attached hydrogens (tertiary/aromatic N) is 2. The van der Waals surface area contributed by atoms with Gasteiger partial charge in [0.15, 0.2) is 0 Å². The van der Waals surface area contributed by atoms with Crippen molar-refractivity contribution in [2.75, 3.05) is 43.5 Å². The molecule has 3 nitrogen and oxygen atoms in total. The van der Waals surface area contributed by atoms with E-state index < -0.39 is 6.10 Å². The molecule has 2 rings (SSSR count). The number of aliphatic hydroxyl groups excluding tert-OH is 1. The number of hydrogen-bond acceptors (Lipinski definition) is 3. The van der Waals surface area contributed by atoms with Crippen molar-refractivity contribution in [3.05, 3.63) is 30.1 Å². The Bertz CT molecular complexity index is 383. The third kappa shape index (κ3) is 3.34. The van der Waals surface area contributed by atoms with Gasteiger partial charge < -0.3 is 10.0 Å². The molecule has 0 saturated carbocycles. The Labute approximate surface area is 112 Å². The average Bonchev–Trinajstić information content (AvgIpc) is 2.40. The maximum absolute atomic E-state index is 13.6. The Morgan fingerprint density at radius 3 is 2.50 bits per heavy atom. The number of anilines is 1. The molecule has 0 amide bonds. The molecule has 0 unspecified atom stereocenters. The number of piperazine rings is 1. The molecule has 0 bridgehead atoms. The molecule has 1 heterocycles. The average molecular weight is 273 g/mol. The van der Waals surface area contributed by atoms with Crippen molar-refractivity contribution in [2.24, 2.45) is 0 Å². The Hall–Kier alpha value is -0.840. The standard InChI is InChI=1S/C13H18ClFN2O/c14-9-11(18)10-16-5-7-17(8-6-16)13-4-2-1-3-12(13)15/h1-4,11,18H,5-10H2/t11-/m0/s1. The lowest BCUT2D eigenvalue weighted by atomic mass is 10.2. The van der Waals surface area contributed by atoms with Gasteiger partial charge in [0.1, 0.15) is 5.82 Å². The van der Waals surface area contributed by atoms with Crippen LogP contribution in [0.15, 0.2) is 24.3 Å². The van der Waals surface area contributed by atoms with E-state index in [1.54, 1.807) is 12.1 Å². The summed E-state index contributed by atoms with van der Waals surface area (Å²) in [5.74, 6) is 0.0832. The maximum atomic E-state index is 13.6. The van der Waals surface area contributed by atoms with Crippen molar-refractivity contribution in [1.29, 1.82) is 0 Å². The highest BCUT2D eigenvalue weighted by atomic mass is 35.5. The molecule has 100 valence electrons. The van der Waals surface area contributed by atoms with Crippen LogP contribution in [0.25, 0.3) is 0 Å². The third-order valence-electron chi connectivity index (χ3n) is 3.21. The Morgan fingerprint density at radius 2 is 1.89 bits per heavy atom. The summed E-state index contributed by atoms with van der Waals surface area (Å²) in [4.78, 5) is 4.20. The highest BCUT2D eigenvalue weighted by molar-refractivity contribution is 6.18. The van der Waals surface area contributed by atoms with Gasteiger partial charge in [-0.1, -0.05) is 12.1 Å². The smallest absolute Gasteiger partial charge is 0.146 e. The summed E-state index contributed by atoms with van der Waals surface area (Å²) >= 11 is 5.58. The van der Waals surface area contributed by atoms with Gasteiger partial charge in [-0.15, -0.1) is 11.6 Å². The lowest BCUT2D eigenvalue weighted by molar-refractivity contribution is 0.125. The maximum Gasteiger partial charge on any atom is 0.146 e. The molecule has 1 aromatic carbocycles. The van der Waals surface area contributed by atoms with E-state index in [0.29, 0.717) is 12.2 Å². The summed E-state index contributed by atoms with van der Waals surface area (Å²) in [6, 6.07) is 6.84. The first kappa shape index (κ1) is 13.6. The van der Waals surface area contributed by atoms with E-state index in [1.165, 1.54) is 6.07 Å². The van der Waals surface area contributed by atoms with E-state index in [9.17, 15) is 9.50 Å². The van der Waals surface area contributed by atoms with Crippen LogP contribution >= 0.6 is 11.6 Å². The van der Waals surface area contributed by atoms with Crippen molar-refractivity contribution in [2.45, 2.75) is 6.10 Å². The van der Waals surface area contributed by atoms with Gasteiger partial charge in [0, 0.05) is 38.6 Å². The molecule has 0 spiro atoms. The molecule has 0 aliphatic carbocycles. The van der Waals surface area contributed by atoms with E-state index in [2.05, 4.69) is 4.90 Å². The number of hydrogen-bond donors (Lipinski definition) is 1. The molecule has 1 aliphatic heterocycles. The molecular weight excluding hydrogens is 255 g/mol. The Kier molecular flexibility index (Phi) is 4.80. The van der Waals surface area contributed by atoms with Gasteiger partial charge in [-0.25, -0.2) is 4.39 Å². The number of para-hydroxylation sites is 1. The molecule has 1 saturated heterocycles. The molecule has 1 aliphatic rings. The van der Waals surface area contributed by atoms with E-state index in [4.69, 9.17) is 11.6 Å². The highest BCUT2D eigenvalue weighted by Crippen LogP contribution is 2.20. The van der Waals surface area contributed by atoms with Crippen LogP contribution in [-0.4, -0.2) is 54.7 Å². The Balaban J connectivity index is 1.89. The summed E-state index contributed by atoms with van der Waals surface area (Å²) < 4.78 is 13.6. The van der Waals surface area contributed by atoms with Crippen molar-refractivity contribution in [3.8, 4) is 0 Å². The number of halogens is 2. The van der Waals surface area contributed by atoms with Crippen LogP contribution in [0.5, 0.6) is 0 Å². The number of aliphatic hydroxyl groups is 1. The molecule has 1 N–H and O–H groups in total. The topological polar surface area (TPSA) is 26.7 Å². The second-order valence-electron chi connectivity index (χ2n) is 4.55. The van der Waals surface area contributed by atoms with E-state index in [-0.39, 0.29) is 11.7 Å². The van der Waals surface area contributed by atoms with Gasteiger partial charge >= 0.3 is 0 Å². The van der Waals surface area contributed by atoms with Crippen LogP contribution in [0.4, 0.5) is 10.1 Å². The van der Waals surface area contributed by atoms with Crippen LogP contribution in [0.1, 0.15) is 0 Å². The minimum absolute atomic E-state index is 0.174. The van der Waals surface area contributed by atoms with Gasteiger partial charge in [-0.05, 0) is 12.1 Å². The number of rotatable bonds is 4. The first-order chi connectivity index (χ1) is 8.70. The van der Waals surface area contributed by atoms with Crippen molar-refractivity contribution >= 4 is 17.3 Å². The van der Waals surface area contributed by atoms with Crippen LogP contribution in [0, 0.1) is 5.82 Å². The van der Waals surface area contributed by atoms with Crippen molar-refractivity contribution in [3.63, 3.8) is 0 Å². The summed E-state index contributed by atoms with van der Waals surface area (Å²) in [5.41, 5.74) is 0.662. The van der Waals surface area contributed by atoms with Crippen LogP contribution in [0.2, 0.25) is 0 Å². The van der Waals surface area contributed by atoms with Crippen molar-refractivity contribution < 1.29 is 9.50 Å². The van der Waals surface area contributed by atoms with Crippen LogP contribution < -0.4 is 4.90 Å². The summed E-state index contributed by atoms with van der Waals surface area (Å²) in [5, 5.41) is 9.49. The second-order valence-corrected chi connectivity index (χ2v) is 4.86. The number of benzene rings is 1. The number of alkyl halides is 1. The monoisotopic (exact) mass is 272 g/mol. The SMILES string of the molecule is O[C@@H](CCl)CN1CCN(c2ccccc2F)CC1. The van der Waals surface area contributed by atoms with Gasteiger partial charge in [-0.2, -0.15) is 0 Å². The zero-order valence-electron chi connectivity index (χ0n) is 10.2. The van der Waals surface area contributed by atoms with Gasteiger partial charge in [-0.3, -0.25) is 4.90 Å². The second kappa shape index (κ2) is 6.36. The first-order valence-corrected chi connectivity index (χ1v) is 6.70. The van der Waals surface area contributed by atoms with E-state index >= 15 is 0 Å². The Morgan fingerprint density at radius 1 is 1.22 bits per heavy atom. The van der Waals surface area contributed by atoms with Crippen LogP contribution in [-0.2, 0) is 0 Å². The third-order valence-corrected chi connectivity index (χ3v) is 3.57. The largest absolute Gasteiger partial charge is 0.391 e. The zero-order chi connectivity index (χ0) is 13.0. The fraction of sp³-hybridized carbons (Fsp3) is 0.538. The van der Waals surface area contributed by atoms with Crippen molar-refractivity contribution in [1.82, 2.24) is 4.90 Å². The molecular formula is C13H18ClFN2O. The van der Waals surface area contributed by atoms with E-state index in [1.807, 2.05) is 11.0 Å². The van der Waals surface area contributed by atoms with Gasteiger partial charge in [0.05, 0.1) is 11.8 Å². The minimum Gasteiger partial charge on any atom is -0.391 e. The molecule has 1 atom stereocenters. The van der Waals surface area contributed by atoms with Gasteiger partial charge in [0.25, 0.3) is 0 Å². The fourth-order valence-corrected chi connectivity index (χ4v) is 2.32. The molecule has 18 heavy (non-hydrogen) atoms. The predicted octanol–water partition coefficient (Wildman–Crippen LogP) is 1.55. The molecule has 0 radical (unpaired) electrons. The first-order valence-electron chi connectivity index (χ1n) is 6.16. The van der Waals surface area contributed by atoms with E-state index in [0.717, 1.165) is 26.2 Å². The van der Waals surface area contributed by atoms with Gasteiger partial charge in [0.2, 0.25) is 0 Å². The fourth-order valence-electron chi connectivity index (χ4n) is 2.23. The molecule has 0 aromatic heterocycles.